The van der Waals surface area contributed by atoms with E-state index in [4.69, 9.17) is 24.2 Å². The lowest BCUT2D eigenvalue weighted by Crippen LogP contribution is -2.70. The predicted octanol–water partition coefficient (Wildman–Crippen LogP) is 8.28. The van der Waals surface area contributed by atoms with Gasteiger partial charge in [0.2, 0.25) is 15.8 Å². The van der Waals surface area contributed by atoms with Crippen molar-refractivity contribution in [1.29, 1.82) is 0 Å². The lowest BCUT2D eigenvalue weighted by Gasteiger charge is -2.59. The number of hydrogen-bond donors (Lipinski definition) is 3. The standard InChI is InChI=1S/C49H60N4O9S/c1-4-26-53(63(57,58)43-22-14-19-35-20-15-25-50-47(35)43)44-32-41(52-60-6-3)39-30-36(18-10-12-27-54)38(21-11-13-28-55)45-40-31-37(61-48(56)51-33-34-16-8-7-9-17-34)23-24-42(40)62-49(44,46(39)45)59-29-5-2/h5,7-9,14-17,19-20,22-25,30-31,36,38,44-46,54-55H,2,4,6,10-13,18,21,26-29,32-33H2,1,3H3,(H,51,56). The van der Waals surface area contributed by atoms with Gasteiger partial charge in [-0.05, 0) is 92.3 Å². The average Bonchev–Trinajstić information content (AvgIpc) is 3.30. The van der Waals surface area contributed by atoms with E-state index in [1.165, 1.54) is 4.31 Å². The SMILES string of the molecule is C=CCOC12Oc3ccc(OC(=O)NCc4ccccc4)cc3C3C(CCCCO)C(CCCCO)C=C(C(=NOCC)CC1N(CCC)S(=O)(=O)c1cccc4cccnc14)C32. The number of allylic oxidation sites excluding steroid dienone is 1. The van der Waals surface area contributed by atoms with Gasteiger partial charge < -0.3 is 34.6 Å². The van der Waals surface area contributed by atoms with Crippen LogP contribution >= 0.6 is 0 Å². The summed E-state index contributed by atoms with van der Waals surface area (Å²) in [6.45, 7) is 8.67. The fourth-order valence-electron chi connectivity index (χ4n) is 9.82. The van der Waals surface area contributed by atoms with Crippen molar-refractivity contribution in [3.8, 4) is 11.5 Å². The summed E-state index contributed by atoms with van der Waals surface area (Å²) in [4.78, 5) is 23.7. The number of sulfonamides is 1. The van der Waals surface area contributed by atoms with Crippen molar-refractivity contribution in [1.82, 2.24) is 14.6 Å². The number of carbonyl (C=O) groups is 1. The second-order valence-corrected chi connectivity index (χ2v) is 18.2. The Morgan fingerprint density at radius 3 is 2.54 bits per heavy atom. The van der Waals surface area contributed by atoms with Crippen molar-refractivity contribution in [2.24, 2.45) is 22.9 Å². The molecule has 63 heavy (non-hydrogen) atoms. The Kier molecular flexibility index (Phi) is 15.3. The van der Waals surface area contributed by atoms with Gasteiger partial charge in [0.05, 0.1) is 29.8 Å². The van der Waals surface area contributed by atoms with E-state index in [2.05, 4.69) is 23.0 Å². The number of amides is 1. The third-order valence-corrected chi connectivity index (χ3v) is 14.4. The van der Waals surface area contributed by atoms with Gasteiger partial charge in [-0.15, -0.1) is 6.58 Å². The topological polar surface area (TPSA) is 169 Å². The first-order chi connectivity index (χ1) is 30.7. The number of rotatable bonds is 21. The smallest absolute Gasteiger partial charge is 0.412 e. The van der Waals surface area contributed by atoms with E-state index < -0.39 is 33.9 Å². The predicted molar refractivity (Wildman–Crippen MR) is 242 cm³/mol. The summed E-state index contributed by atoms with van der Waals surface area (Å²) in [5, 5.41) is 28.1. The highest BCUT2D eigenvalue weighted by molar-refractivity contribution is 7.89. The van der Waals surface area contributed by atoms with Gasteiger partial charge in [-0.2, -0.15) is 4.31 Å². The molecule has 1 aliphatic heterocycles. The summed E-state index contributed by atoms with van der Waals surface area (Å²) >= 11 is 0. The van der Waals surface area contributed by atoms with Crippen LogP contribution in [0.5, 0.6) is 11.5 Å². The third-order valence-electron chi connectivity index (χ3n) is 12.4. The largest absolute Gasteiger partial charge is 0.460 e. The minimum absolute atomic E-state index is 0.00564. The molecule has 2 heterocycles. The van der Waals surface area contributed by atoms with Crippen LogP contribution in [0.15, 0.2) is 119 Å². The Balaban J connectivity index is 1.43. The zero-order valence-corrected chi connectivity index (χ0v) is 37.0. The van der Waals surface area contributed by atoms with E-state index in [1.807, 2.05) is 62.4 Å². The van der Waals surface area contributed by atoms with Gasteiger partial charge in [-0.25, -0.2) is 13.2 Å². The van der Waals surface area contributed by atoms with Gasteiger partial charge >= 0.3 is 6.09 Å². The minimum atomic E-state index is -4.30. The minimum Gasteiger partial charge on any atom is -0.460 e. The molecule has 7 rings (SSSR count). The Labute approximate surface area is 370 Å². The molecule has 3 N–H and O–H groups in total. The highest BCUT2D eigenvalue weighted by atomic mass is 32.2. The average molecular weight is 881 g/mol. The number of para-hydroxylation sites is 1. The summed E-state index contributed by atoms with van der Waals surface area (Å²) in [5.74, 6) is -1.87. The normalized spacial score (nSPS) is 23.3. The van der Waals surface area contributed by atoms with E-state index in [-0.39, 0.29) is 62.0 Å². The molecule has 14 heteroatoms. The molecule has 13 nitrogen and oxygen atoms in total. The molecule has 2 aliphatic carbocycles. The summed E-state index contributed by atoms with van der Waals surface area (Å²) in [5.41, 5.74) is 3.53. The number of benzene rings is 3. The maximum absolute atomic E-state index is 15.4. The first-order valence-corrected chi connectivity index (χ1v) is 23.7. The van der Waals surface area contributed by atoms with Crippen LogP contribution in [0.3, 0.4) is 0 Å². The van der Waals surface area contributed by atoms with Crippen molar-refractivity contribution in [3.05, 3.63) is 120 Å². The van der Waals surface area contributed by atoms with Gasteiger partial charge in [0.25, 0.3) is 0 Å². The molecule has 6 unspecified atom stereocenters. The highest BCUT2D eigenvalue weighted by Crippen LogP contribution is 2.62. The maximum Gasteiger partial charge on any atom is 0.412 e. The molecule has 4 aromatic rings. The number of carbonyl (C=O) groups excluding carboxylic acids is 1. The number of nitrogens with one attached hydrogen (secondary N) is 1. The fraction of sp³-hybridized carbons (Fsp3) is 0.449. The summed E-state index contributed by atoms with van der Waals surface area (Å²) in [6, 6.07) is 22.7. The molecule has 336 valence electrons. The zero-order valence-electron chi connectivity index (χ0n) is 36.2. The summed E-state index contributed by atoms with van der Waals surface area (Å²) in [7, 11) is -4.30. The Morgan fingerprint density at radius 1 is 1.02 bits per heavy atom. The number of aliphatic hydroxyl groups excluding tert-OH is 2. The van der Waals surface area contributed by atoms with Crippen molar-refractivity contribution in [3.63, 3.8) is 0 Å². The molecule has 0 spiro atoms. The van der Waals surface area contributed by atoms with E-state index in [1.54, 1.807) is 42.6 Å². The fourth-order valence-corrected chi connectivity index (χ4v) is 11.7. The van der Waals surface area contributed by atoms with Crippen molar-refractivity contribution < 1.29 is 42.5 Å². The molecule has 0 bridgehead atoms. The molecule has 3 aromatic carbocycles. The van der Waals surface area contributed by atoms with Crippen molar-refractivity contribution >= 4 is 32.7 Å². The number of unbranched alkanes of at least 4 members (excludes halogenated alkanes) is 2. The number of fused-ring (bicyclic) bond motifs is 3. The zero-order chi connectivity index (χ0) is 44.4. The first-order valence-electron chi connectivity index (χ1n) is 22.3. The molecule has 1 amide bonds. The van der Waals surface area contributed by atoms with Crippen molar-refractivity contribution in [2.45, 2.75) is 94.4 Å². The highest BCUT2D eigenvalue weighted by Gasteiger charge is 2.66. The van der Waals surface area contributed by atoms with Crippen LogP contribution in [0.25, 0.3) is 10.9 Å². The number of aromatic nitrogens is 1. The number of aliphatic hydroxyl groups is 2. The molecular formula is C49H60N4O9S. The number of nitrogens with zero attached hydrogens (tertiary/aromatic N) is 3. The molecule has 1 saturated carbocycles. The van der Waals surface area contributed by atoms with Gasteiger partial charge in [-0.1, -0.05) is 85.6 Å². The van der Waals surface area contributed by atoms with Crippen LogP contribution in [-0.2, 0) is 26.1 Å². The van der Waals surface area contributed by atoms with E-state index >= 15 is 8.42 Å². The molecule has 1 fully saturated rings. The van der Waals surface area contributed by atoms with Crippen LogP contribution in [0.4, 0.5) is 4.79 Å². The summed E-state index contributed by atoms with van der Waals surface area (Å²) in [6.07, 6.45) is 9.69. The van der Waals surface area contributed by atoms with Crippen molar-refractivity contribution in [2.75, 3.05) is 33.0 Å². The Hall–Kier alpha value is -5.12. The van der Waals surface area contributed by atoms with E-state index in [0.29, 0.717) is 54.0 Å². The Morgan fingerprint density at radius 2 is 1.79 bits per heavy atom. The van der Waals surface area contributed by atoms with Crippen LogP contribution < -0.4 is 14.8 Å². The van der Waals surface area contributed by atoms with Gasteiger partial charge in [0.1, 0.15) is 23.0 Å². The Bertz CT molecular complexity index is 2370. The maximum atomic E-state index is 15.4. The number of pyridine rings is 1. The third kappa shape index (κ3) is 9.70. The summed E-state index contributed by atoms with van der Waals surface area (Å²) < 4.78 is 52.7. The number of oxime groups is 1. The van der Waals surface area contributed by atoms with Gasteiger partial charge in [-0.3, -0.25) is 4.98 Å². The lowest BCUT2D eigenvalue weighted by atomic mass is 9.55. The van der Waals surface area contributed by atoms with E-state index in [0.717, 1.165) is 42.4 Å². The first kappa shape index (κ1) is 45.9. The van der Waals surface area contributed by atoms with Crippen LogP contribution in [0, 0.1) is 17.8 Å². The molecule has 0 saturated heterocycles. The quantitative estimate of drug-likeness (QED) is 0.0421. The van der Waals surface area contributed by atoms with Crippen LogP contribution in [0.2, 0.25) is 0 Å². The molecular weight excluding hydrogens is 821 g/mol. The lowest BCUT2D eigenvalue weighted by molar-refractivity contribution is -0.251. The second-order valence-electron chi connectivity index (χ2n) is 16.4. The molecule has 6 atom stereocenters. The van der Waals surface area contributed by atoms with Gasteiger partial charge in [0, 0.05) is 55.8 Å². The van der Waals surface area contributed by atoms with Crippen LogP contribution in [-0.4, -0.2) is 84.5 Å². The molecule has 0 radical (unpaired) electrons. The van der Waals surface area contributed by atoms with E-state index in [9.17, 15) is 15.0 Å². The second kappa shape index (κ2) is 21.0. The number of hydrogen-bond acceptors (Lipinski definition) is 11. The monoisotopic (exact) mass is 880 g/mol. The van der Waals surface area contributed by atoms with Crippen LogP contribution in [0.1, 0.15) is 82.3 Å². The number of ether oxygens (including phenoxy) is 3. The molecule has 3 aliphatic rings. The molecule has 1 aromatic heterocycles. The van der Waals surface area contributed by atoms with Gasteiger partial charge in [0.15, 0.2) is 0 Å².